The van der Waals surface area contributed by atoms with Gasteiger partial charge in [-0.3, -0.25) is 20.4 Å². The molecule has 23 heavy (non-hydrogen) atoms. The zero-order valence-electron chi connectivity index (χ0n) is 12.4. The molecule has 0 bridgehead atoms. The summed E-state index contributed by atoms with van der Waals surface area (Å²) in [6.45, 7) is 1.76. The number of hydrazine groups is 1. The molecule has 1 aromatic carbocycles. The molecule has 0 aliphatic rings. The number of anilines is 1. The van der Waals surface area contributed by atoms with Crippen molar-refractivity contribution in [1.29, 1.82) is 0 Å². The molecule has 0 spiro atoms. The van der Waals surface area contributed by atoms with Crippen molar-refractivity contribution < 1.29 is 9.59 Å². The summed E-state index contributed by atoms with van der Waals surface area (Å²) in [5.41, 5.74) is 11.3. The monoisotopic (exact) mass is 348 g/mol. The molecule has 1 heterocycles. The molecule has 0 saturated heterocycles. The second-order valence-electron chi connectivity index (χ2n) is 4.56. The molecule has 0 aliphatic carbocycles. The maximum atomic E-state index is 12.0. The van der Waals surface area contributed by atoms with Crippen LogP contribution in [-0.2, 0) is 4.79 Å². The topological polar surface area (TPSA) is 97.1 Å². The van der Waals surface area contributed by atoms with Crippen LogP contribution in [0.3, 0.4) is 0 Å². The SMILES string of the molecule is CC(SSc1ccccn1)C(=O)NNC(=O)c1ccc(N)cc1. The first-order valence-electron chi connectivity index (χ1n) is 6.76. The smallest absolute Gasteiger partial charge is 0.269 e. The Morgan fingerprint density at radius 2 is 1.87 bits per heavy atom. The van der Waals surface area contributed by atoms with Crippen LogP contribution in [0.2, 0.25) is 0 Å². The lowest BCUT2D eigenvalue weighted by Crippen LogP contribution is -2.44. The summed E-state index contributed by atoms with van der Waals surface area (Å²) in [6, 6.07) is 12.0. The fraction of sp³-hybridized carbons (Fsp3) is 0.133. The number of pyridine rings is 1. The van der Waals surface area contributed by atoms with Crippen molar-refractivity contribution in [1.82, 2.24) is 15.8 Å². The highest BCUT2D eigenvalue weighted by molar-refractivity contribution is 8.77. The summed E-state index contributed by atoms with van der Waals surface area (Å²) in [5, 5.41) is 0.469. The van der Waals surface area contributed by atoms with Crippen LogP contribution in [0.5, 0.6) is 0 Å². The van der Waals surface area contributed by atoms with Crippen LogP contribution >= 0.6 is 21.6 Å². The van der Waals surface area contributed by atoms with E-state index in [-0.39, 0.29) is 11.2 Å². The number of nitrogens with one attached hydrogen (secondary N) is 2. The predicted octanol–water partition coefficient (Wildman–Crippen LogP) is 2.25. The first-order valence-corrected chi connectivity index (χ1v) is 8.97. The third-order valence-electron chi connectivity index (χ3n) is 2.76. The van der Waals surface area contributed by atoms with Gasteiger partial charge in [-0.15, -0.1) is 0 Å². The average molecular weight is 348 g/mol. The highest BCUT2D eigenvalue weighted by Gasteiger charge is 2.15. The van der Waals surface area contributed by atoms with Gasteiger partial charge in [0.15, 0.2) is 0 Å². The lowest BCUT2D eigenvalue weighted by atomic mass is 10.2. The van der Waals surface area contributed by atoms with Gasteiger partial charge in [-0.25, -0.2) is 4.98 Å². The number of aromatic nitrogens is 1. The maximum absolute atomic E-state index is 12.0. The van der Waals surface area contributed by atoms with Gasteiger partial charge in [-0.2, -0.15) is 0 Å². The van der Waals surface area contributed by atoms with Crippen molar-refractivity contribution in [2.75, 3.05) is 5.73 Å². The third-order valence-corrected chi connectivity index (χ3v) is 5.44. The Bertz CT molecular complexity index is 665. The summed E-state index contributed by atoms with van der Waals surface area (Å²) in [6.07, 6.45) is 1.69. The first kappa shape index (κ1) is 17.2. The molecule has 2 rings (SSSR count). The number of nitrogen functional groups attached to an aromatic ring is 1. The number of amides is 2. The molecule has 6 nitrogen and oxygen atoms in total. The number of carbonyl (C=O) groups is 2. The minimum Gasteiger partial charge on any atom is -0.399 e. The van der Waals surface area contributed by atoms with Crippen molar-refractivity contribution in [3.05, 3.63) is 54.2 Å². The van der Waals surface area contributed by atoms with Crippen molar-refractivity contribution >= 4 is 39.1 Å². The molecule has 0 aliphatic heterocycles. The normalized spacial score (nSPS) is 11.5. The van der Waals surface area contributed by atoms with E-state index in [1.807, 2.05) is 18.2 Å². The highest BCUT2D eigenvalue weighted by atomic mass is 33.1. The zero-order valence-corrected chi connectivity index (χ0v) is 14.0. The Balaban J connectivity index is 1.77. The molecule has 1 unspecified atom stereocenters. The summed E-state index contributed by atoms with van der Waals surface area (Å²) < 4.78 is 0. The second kappa shape index (κ2) is 8.44. The molecular weight excluding hydrogens is 332 g/mol. The largest absolute Gasteiger partial charge is 0.399 e. The number of hydrogen-bond acceptors (Lipinski definition) is 6. The average Bonchev–Trinajstić information content (AvgIpc) is 2.58. The number of nitrogens with two attached hydrogens (primary N) is 1. The van der Waals surface area contributed by atoms with E-state index >= 15 is 0 Å². The number of benzene rings is 1. The minimum absolute atomic E-state index is 0.290. The van der Waals surface area contributed by atoms with Crippen molar-refractivity contribution in [3.8, 4) is 0 Å². The van der Waals surface area contributed by atoms with Crippen molar-refractivity contribution in [2.24, 2.45) is 0 Å². The molecule has 0 saturated carbocycles. The molecule has 1 atom stereocenters. The van der Waals surface area contributed by atoms with Crippen LogP contribution in [0.25, 0.3) is 0 Å². The van der Waals surface area contributed by atoms with Crippen LogP contribution in [0, 0.1) is 0 Å². The van der Waals surface area contributed by atoms with E-state index in [4.69, 9.17) is 5.73 Å². The maximum Gasteiger partial charge on any atom is 0.269 e. The zero-order chi connectivity index (χ0) is 16.7. The predicted molar refractivity (Wildman–Crippen MR) is 93.6 cm³/mol. The Kier molecular flexibility index (Phi) is 6.30. The van der Waals surface area contributed by atoms with Gasteiger partial charge in [0, 0.05) is 17.4 Å². The quantitative estimate of drug-likeness (QED) is 0.436. The summed E-state index contributed by atoms with van der Waals surface area (Å²) in [4.78, 5) is 28.0. The lowest BCUT2D eigenvalue weighted by molar-refractivity contribution is -0.121. The van der Waals surface area contributed by atoms with E-state index in [2.05, 4.69) is 15.8 Å². The second-order valence-corrected chi connectivity index (χ2v) is 7.12. The number of carbonyl (C=O) groups excluding carboxylic acids is 2. The molecule has 2 aromatic rings. The first-order chi connectivity index (χ1) is 11.1. The molecular formula is C15H16N4O2S2. The molecule has 1 aromatic heterocycles. The lowest BCUT2D eigenvalue weighted by Gasteiger charge is -2.12. The van der Waals surface area contributed by atoms with Gasteiger partial charge in [0.1, 0.15) is 5.03 Å². The third kappa shape index (κ3) is 5.50. The van der Waals surface area contributed by atoms with E-state index in [9.17, 15) is 9.59 Å². The van der Waals surface area contributed by atoms with Gasteiger partial charge < -0.3 is 5.73 Å². The van der Waals surface area contributed by atoms with Gasteiger partial charge in [-0.05, 0) is 54.1 Å². The van der Waals surface area contributed by atoms with Gasteiger partial charge in [0.05, 0.1) is 5.25 Å². The fourth-order valence-corrected chi connectivity index (χ4v) is 3.40. The molecule has 2 amide bonds. The molecule has 0 radical (unpaired) electrons. The molecule has 4 N–H and O–H groups in total. The Morgan fingerprint density at radius 1 is 1.13 bits per heavy atom. The van der Waals surface area contributed by atoms with Gasteiger partial charge in [0.25, 0.3) is 11.8 Å². The Hall–Kier alpha value is -2.19. The molecule has 120 valence electrons. The highest BCUT2D eigenvalue weighted by Crippen LogP contribution is 2.32. The Labute approximate surface area is 142 Å². The fourth-order valence-electron chi connectivity index (χ4n) is 1.49. The Morgan fingerprint density at radius 3 is 2.52 bits per heavy atom. The number of nitrogens with zero attached hydrogens (tertiary/aromatic N) is 1. The molecule has 8 heteroatoms. The van der Waals surface area contributed by atoms with Gasteiger partial charge >= 0.3 is 0 Å². The van der Waals surface area contributed by atoms with Crippen molar-refractivity contribution in [3.63, 3.8) is 0 Å². The summed E-state index contributed by atoms with van der Waals surface area (Å²) in [5.74, 6) is -0.685. The van der Waals surface area contributed by atoms with Gasteiger partial charge in [-0.1, -0.05) is 16.9 Å². The summed E-state index contributed by atoms with van der Waals surface area (Å²) >= 11 is 0. The van der Waals surface area contributed by atoms with Gasteiger partial charge in [0.2, 0.25) is 0 Å². The minimum atomic E-state index is -0.395. The van der Waals surface area contributed by atoms with Crippen LogP contribution in [0.1, 0.15) is 17.3 Å². The standard InChI is InChI=1S/C15H16N4O2S2/c1-10(22-23-13-4-2-3-9-17-13)14(20)18-19-15(21)11-5-7-12(16)8-6-11/h2-10H,16H2,1H3,(H,18,20)(H,19,21). The van der Waals surface area contributed by atoms with Crippen LogP contribution in [0.4, 0.5) is 5.69 Å². The number of rotatable bonds is 5. The van der Waals surface area contributed by atoms with Crippen LogP contribution in [0.15, 0.2) is 53.7 Å². The van der Waals surface area contributed by atoms with Crippen LogP contribution in [-0.4, -0.2) is 22.0 Å². The van der Waals surface area contributed by atoms with E-state index < -0.39 is 5.91 Å². The van der Waals surface area contributed by atoms with E-state index in [0.717, 1.165) is 5.03 Å². The van der Waals surface area contributed by atoms with Crippen molar-refractivity contribution in [2.45, 2.75) is 17.2 Å². The molecule has 0 fully saturated rings. The summed E-state index contributed by atoms with van der Waals surface area (Å²) in [7, 11) is 2.77. The van der Waals surface area contributed by atoms with Crippen LogP contribution < -0.4 is 16.6 Å². The van der Waals surface area contributed by atoms with E-state index in [1.54, 1.807) is 37.4 Å². The van der Waals surface area contributed by atoms with E-state index in [1.165, 1.54) is 21.6 Å². The van der Waals surface area contributed by atoms with E-state index in [0.29, 0.717) is 11.3 Å². The number of hydrogen-bond donors (Lipinski definition) is 3.